The molecule has 0 bridgehead atoms. The molecule has 4 aromatic heterocycles. The lowest BCUT2D eigenvalue weighted by molar-refractivity contribution is -0.157. The second-order valence-corrected chi connectivity index (χ2v) is 42.4. The second kappa shape index (κ2) is 46.0. The molecule has 8 aliphatic rings. The molecule has 36 heteroatoms. The van der Waals surface area contributed by atoms with Gasteiger partial charge in [0, 0.05) is 193 Å². The van der Waals surface area contributed by atoms with Gasteiger partial charge in [-0.15, -0.1) is 0 Å². The van der Waals surface area contributed by atoms with Gasteiger partial charge in [-0.1, -0.05) is 126 Å². The summed E-state index contributed by atoms with van der Waals surface area (Å²) in [4.78, 5) is 14.3. The van der Waals surface area contributed by atoms with E-state index in [1.165, 1.54) is 43.9 Å². The molecule has 8 aliphatic heterocycles. The Morgan fingerprint density at radius 3 is 0.752 bits per heavy atom. The smallest absolute Gasteiger partial charge is 0.390 e. The lowest BCUT2D eigenvalue weighted by Gasteiger charge is -2.43. The number of likely N-dealkylation sites (tertiary alicyclic amines) is 4. The maximum absolute atomic E-state index is 15.8. The SMILES string of the molecule is CCCCN1CC(Nc2cc(F)c([C@@H]3c4cc5ccccc5n4C[C@@H](C)N3CC(F)(F)CO)c(F)c2)C1.CCCCN1CC(Nc2cc(F)c([C@@H]3c4cc5ccccc5n4C[C@@H](C)N3CC(F)(F)F)c(F)c2)C1.CCCCN1CC([C@@H](O)c2cc(F)c([C@@H]3c4cc5ccccc5n4C[C@@H](C)N3CC(F)(F)CO)c(F)c2)C1.CCCCN1CC([C@H](O)c2cc(F)c([C@@H]3c4cc5ccccc5n4C[C@@H](C)N3CC(F)(F)CO)c(F)c2)C1. The van der Waals surface area contributed by atoms with Crippen LogP contribution < -0.4 is 10.6 Å². The molecular formula is C113H135F17N14O5. The van der Waals surface area contributed by atoms with E-state index in [9.17, 15) is 65.0 Å². The van der Waals surface area contributed by atoms with E-state index < -0.39 is 177 Å². The summed E-state index contributed by atoms with van der Waals surface area (Å²) in [5.74, 6) is -17.3. The van der Waals surface area contributed by atoms with Crippen LogP contribution in [-0.2, 0) is 26.2 Å². The Balaban J connectivity index is 0.000000135. The van der Waals surface area contributed by atoms with E-state index in [1.807, 2.05) is 121 Å². The van der Waals surface area contributed by atoms with Crippen LogP contribution in [-0.4, -0.2) is 268 Å². The van der Waals surface area contributed by atoms with Crippen LogP contribution in [0.1, 0.15) is 199 Å². The van der Waals surface area contributed by atoms with Crippen molar-refractivity contribution in [3.63, 3.8) is 0 Å². The topological polar surface area (TPSA) is 171 Å². The Bertz CT molecular complexity index is 6340. The number of hydrogen-bond acceptors (Lipinski definition) is 15. The number of nitrogens with one attached hydrogen (secondary N) is 2. The van der Waals surface area contributed by atoms with Gasteiger partial charge in [-0.2, -0.15) is 13.2 Å². The Hall–Kier alpha value is -10.2. The molecule has 20 rings (SSSR count). The molecule has 7 N–H and O–H groups in total. The van der Waals surface area contributed by atoms with Crippen LogP contribution in [0.15, 0.2) is 170 Å². The zero-order chi connectivity index (χ0) is 106. The normalized spacial score (nSPS) is 21.7. The molecule has 0 aliphatic carbocycles. The van der Waals surface area contributed by atoms with E-state index in [2.05, 4.69) is 57.9 Å². The fourth-order valence-electron chi connectivity index (χ4n) is 23.4. The molecule has 149 heavy (non-hydrogen) atoms. The summed E-state index contributed by atoms with van der Waals surface area (Å²) in [5.41, 5.74) is 5.17. The van der Waals surface area contributed by atoms with Crippen molar-refractivity contribution in [1.29, 1.82) is 0 Å². The van der Waals surface area contributed by atoms with E-state index in [0.717, 1.165) is 172 Å². The standard InChI is InChI=1S/2C29H35F4N3O2.C28H34F4N4O.C27H31F5N4/c2*1-3-4-9-34-14-21(15-34)28(38)20-10-22(30)26(23(31)11-20)27-25-12-19-7-5-6-8-24(19)35(25)13-18(2)36(27)16-29(32,33)17-37;1-3-4-9-34-14-21(15-34)33-20-11-22(29)26(23(30)12-20)27-25-10-19-7-5-6-8-24(19)35(25)13-18(2)36(27)16-28(31,32)17-37;1-3-4-9-34-14-20(15-34)33-19-11-21(28)25(22(29)12-19)26-24-10-18-7-5-6-8-23(18)35(24)13-17(2)36(26)16-27(30,31)32/h2*5-8,10-12,18,21,27-28,37-38H,3-4,9,13-17H2,1-2H3;5-8,10-12,18,21,27,33,37H,3-4,9,13-17H2,1-2H3;5-8,10-12,17,20,26,33H,3-4,9,13-16H2,1-2H3/t18-,27+,28+;18-,27+,28-;18-,27+;17-,26+/m1111/s1. The van der Waals surface area contributed by atoms with Crippen LogP contribution in [0.3, 0.4) is 0 Å². The van der Waals surface area contributed by atoms with Crippen molar-refractivity contribution in [1.82, 2.24) is 57.5 Å². The van der Waals surface area contributed by atoms with Crippen LogP contribution in [0.4, 0.5) is 86.0 Å². The predicted octanol–water partition coefficient (Wildman–Crippen LogP) is 21.6. The third kappa shape index (κ3) is 23.8. The number of rotatable bonds is 34. The zero-order valence-corrected chi connectivity index (χ0v) is 85.2. The maximum atomic E-state index is 15.8. The summed E-state index contributed by atoms with van der Waals surface area (Å²) >= 11 is 0. The average molecular weight is 2090 g/mol. The van der Waals surface area contributed by atoms with Gasteiger partial charge in [-0.25, -0.2) is 61.5 Å². The van der Waals surface area contributed by atoms with E-state index >= 15 is 35.1 Å². The first-order chi connectivity index (χ1) is 71.1. The first kappa shape index (κ1) is 110. The summed E-state index contributed by atoms with van der Waals surface area (Å²) in [6.07, 6.45) is 2.17. The lowest BCUT2D eigenvalue weighted by Crippen LogP contribution is -2.54. The second-order valence-electron chi connectivity index (χ2n) is 42.4. The summed E-state index contributed by atoms with van der Waals surface area (Å²) in [6.45, 7) is 18.7. The molecule has 19 nitrogen and oxygen atoms in total. The number of unbranched alkanes of at least 4 members (excludes halogenated alkanes) is 4. The van der Waals surface area contributed by atoms with Crippen molar-refractivity contribution in [3.8, 4) is 0 Å². The largest absolute Gasteiger partial charge is 0.401 e. The Morgan fingerprint density at radius 2 is 0.523 bits per heavy atom. The van der Waals surface area contributed by atoms with E-state index in [4.69, 9.17) is 0 Å². The molecule has 0 amide bonds. The molecule has 0 saturated carbocycles. The van der Waals surface area contributed by atoms with Gasteiger partial charge in [0.05, 0.1) is 74.6 Å². The number of anilines is 2. The van der Waals surface area contributed by atoms with Crippen molar-refractivity contribution < 1.29 is 100 Å². The van der Waals surface area contributed by atoms with E-state index in [0.29, 0.717) is 86.5 Å². The molecular weight excluding hydrogens is 1960 g/mol. The molecule has 8 aromatic carbocycles. The highest BCUT2D eigenvalue weighted by atomic mass is 19.4. The minimum Gasteiger partial charge on any atom is -0.390 e. The van der Waals surface area contributed by atoms with Crippen molar-refractivity contribution in [2.24, 2.45) is 11.8 Å². The van der Waals surface area contributed by atoms with Crippen molar-refractivity contribution >= 4 is 55.0 Å². The molecule has 12 aromatic rings. The van der Waals surface area contributed by atoms with E-state index in [-0.39, 0.29) is 57.3 Å². The zero-order valence-electron chi connectivity index (χ0n) is 85.2. The summed E-state index contributed by atoms with van der Waals surface area (Å²) in [6, 6.07) is 40.3. The number of aliphatic hydroxyl groups excluding tert-OH is 5. The Labute approximate surface area is 857 Å². The minimum absolute atomic E-state index is 0.0884. The van der Waals surface area contributed by atoms with E-state index in [1.54, 1.807) is 45.9 Å². The molecule has 806 valence electrons. The predicted molar refractivity (Wildman–Crippen MR) is 544 cm³/mol. The highest BCUT2D eigenvalue weighted by Gasteiger charge is 2.50. The number of aliphatic hydroxyl groups is 5. The number of fused-ring (bicyclic) bond motifs is 12. The van der Waals surface area contributed by atoms with Gasteiger partial charge in [-0.05, 0) is 209 Å². The highest BCUT2D eigenvalue weighted by Crippen LogP contribution is 2.50. The molecule has 10 atom stereocenters. The summed E-state index contributed by atoms with van der Waals surface area (Å²) in [5, 5.41) is 59.3. The van der Waals surface area contributed by atoms with Gasteiger partial charge in [0.2, 0.25) is 0 Å². The number of alkyl halides is 9. The number of nitrogens with zero attached hydrogens (tertiary/aromatic N) is 12. The monoisotopic (exact) mass is 2090 g/mol. The summed E-state index contributed by atoms with van der Waals surface area (Å²) in [7, 11) is 0. The first-order valence-electron chi connectivity index (χ1n) is 52.2. The van der Waals surface area contributed by atoms with Gasteiger partial charge >= 0.3 is 6.18 Å². The molecule has 0 spiro atoms. The molecule has 4 fully saturated rings. The summed E-state index contributed by atoms with van der Waals surface area (Å²) < 4.78 is 261. The molecule has 12 heterocycles. The average Bonchev–Trinajstić information content (AvgIpc) is 1.61. The third-order valence-corrected chi connectivity index (χ3v) is 31.1. The lowest BCUT2D eigenvalue weighted by atomic mass is 9.87. The molecule has 4 saturated heterocycles. The number of aromatic nitrogens is 4. The number of para-hydroxylation sites is 4. The van der Waals surface area contributed by atoms with Crippen molar-refractivity contribution in [3.05, 3.63) is 273 Å². The van der Waals surface area contributed by atoms with Gasteiger partial charge in [-0.3, -0.25) is 29.4 Å². The van der Waals surface area contributed by atoms with Crippen LogP contribution in [0, 0.1) is 58.4 Å². The Kier molecular flexibility index (Phi) is 34.0. The quantitative estimate of drug-likeness (QED) is 0.0190. The van der Waals surface area contributed by atoms with Crippen molar-refractivity contribution in [2.45, 2.75) is 230 Å². The van der Waals surface area contributed by atoms with Gasteiger partial charge in [0.25, 0.3) is 17.8 Å². The van der Waals surface area contributed by atoms with Crippen LogP contribution in [0.2, 0.25) is 0 Å². The van der Waals surface area contributed by atoms with Crippen LogP contribution in [0.25, 0.3) is 43.6 Å². The number of hydrogen-bond donors (Lipinski definition) is 7. The number of halogens is 17. The van der Waals surface area contributed by atoms with Gasteiger partial charge in [0.1, 0.15) is 66.4 Å². The van der Waals surface area contributed by atoms with Crippen LogP contribution >= 0.6 is 0 Å². The van der Waals surface area contributed by atoms with Gasteiger partial charge < -0.3 is 64.2 Å². The minimum atomic E-state index is -4.51. The van der Waals surface area contributed by atoms with Gasteiger partial charge in [0.15, 0.2) is 0 Å². The third-order valence-electron chi connectivity index (χ3n) is 31.1. The maximum Gasteiger partial charge on any atom is 0.401 e. The number of benzene rings is 8. The Morgan fingerprint density at radius 1 is 0.302 bits per heavy atom. The van der Waals surface area contributed by atoms with Crippen molar-refractivity contribution in [2.75, 3.05) is 135 Å². The fourth-order valence-corrected chi connectivity index (χ4v) is 23.4. The molecule has 0 radical (unpaired) electrons. The molecule has 0 unspecified atom stereocenters. The first-order valence-corrected chi connectivity index (χ1v) is 52.2. The highest BCUT2D eigenvalue weighted by molar-refractivity contribution is 5.85. The van der Waals surface area contributed by atoms with Crippen LogP contribution in [0.5, 0.6) is 0 Å². The fraction of sp³-hybridized carbons (Fsp3) is 0.504.